The van der Waals surface area contributed by atoms with Crippen LogP contribution in [0.15, 0.2) is 53.0 Å². The number of aryl methyl sites for hydroxylation is 1. The summed E-state index contributed by atoms with van der Waals surface area (Å²) >= 11 is 3.38. The number of esters is 1. The highest BCUT2D eigenvalue weighted by Gasteiger charge is 2.62. The van der Waals surface area contributed by atoms with Crippen molar-refractivity contribution >= 4 is 45.3 Å². The summed E-state index contributed by atoms with van der Waals surface area (Å²) in [5.41, 5.74) is 2.28. The number of carbonyl (C=O) groups is 4. The SMILES string of the molecule is Cc1cc(Br)ccc1NC(=O)COC(=O)[C@H](Cc1ccccc1)N1C(=O)[C@@H]2[C@H]3CC[C@@H](C3)[C@@H]2C1=O. The minimum atomic E-state index is -1.09. The number of benzene rings is 2. The molecule has 2 saturated carbocycles. The molecule has 3 fully saturated rings. The lowest BCUT2D eigenvalue weighted by Crippen LogP contribution is -2.48. The van der Waals surface area contributed by atoms with Gasteiger partial charge in [-0.3, -0.25) is 19.3 Å². The summed E-state index contributed by atoms with van der Waals surface area (Å²) in [4.78, 5) is 53.6. The van der Waals surface area contributed by atoms with Gasteiger partial charge in [0.05, 0.1) is 11.8 Å². The largest absolute Gasteiger partial charge is 0.454 e. The van der Waals surface area contributed by atoms with Crippen LogP contribution in [-0.2, 0) is 30.3 Å². The van der Waals surface area contributed by atoms with Gasteiger partial charge in [0.2, 0.25) is 11.8 Å². The third-order valence-electron chi connectivity index (χ3n) is 7.63. The molecule has 8 heteroatoms. The molecular formula is C27H27BrN2O5. The predicted octanol–water partition coefficient (Wildman–Crippen LogP) is 3.88. The summed E-state index contributed by atoms with van der Waals surface area (Å²) in [7, 11) is 0. The number of halogens is 1. The number of rotatable bonds is 7. The molecular weight excluding hydrogens is 512 g/mol. The molecule has 5 rings (SSSR count). The molecule has 5 atom stereocenters. The highest BCUT2D eigenvalue weighted by molar-refractivity contribution is 9.10. The van der Waals surface area contributed by atoms with Crippen LogP contribution < -0.4 is 5.32 Å². The Morgan fingerprint density at radius 2 is 1.71 bits per heavy atom. The Morgan fingerprint density at radius 3 is 2.34 bits per heavy atom. The van der Waals surface area contributed by atoms with Crippen LogP contribution in [0.25, 0.3) is 0 Å². The maximum absolute atomic E-state index is 13.4. The van der Waals surface area contributed by atoms with Crippen LogP contribution in [0, 0.1) is 30.6 Å². The molecule has 0 spiro atoms. The van der Waals surface area contributed by atoms with Gasteiger partial charge in [0.1, 0.15) is 6.04 Å². The van der Waals surface area contributed by atoms with E-state index in [9.17, 15) is 19.2 Å². The third-order valence-corrected chi connectivity index (χ3v) is 8.12. The first kappa shape index (κ1) is 23.7. The van der Waals surface area contributed by atoms with Crippen molar-refractivity contribution in [3.05, 3.63) is 64.1 Å². The highest BCUT2D eigenvalue weighted by Crippen LogP contribution is 2.56. The second kappa shape index (κ2) is 9.57. The van der Waals surface area contributed by atoms with E-state index in [2.05, 4.69) is 21.2 Å². The zero-order valence-electron chi connectivity index (χ0n) is 19.4. The lowest BCUT2D eigenvalue weighted by molar-refractivity contribution is -0.160. The maximum Gasteiger partial charge on any atom is 0.330 e. The Kier molecular flexibility index (Phi) is 6.49. The van der Waals surface area contributed by atoms with E-state index in [0.717, 1.165) is 39.8 Å². The third kappa shape index (κ3) is 4.51. The Hall–Kier alpha value is -3.00. The molecule has 2 aliphatic carbocycles. The molecule has 1 saturated heterocycles. The van der Waals surface area contributed by atoms with Gasteiger partial charge in [-0.25, -0.2) is 4.79 Å². The lowest BCUT2D eigenvalue weighted by Gasteiger charge is -2.26. The van der Waals surface area contributed by atoms with Crippen molar-refractivity contribution < 1.29 is 23.9 Å². The molecule has 35 heavy (non-hydrogen) atoms. The second-order valence-corrected chi connectivity index (χ2v) is 10.7. The standard InChI is InChI=1S/C27H27BrN2O5/c1-15-11-19(28)9-10-20(15)29-22(31)14-35-27(34)21(12-16-5-3-2-4-6-16)30-25(32)23-17-7-8-18(13-17)24(23)26(30)33/h2-6,9-11,17-18,21,23-24H,7-8,12-14H2,1H3,(H,29,31)/t17-,18-,21-,23-,24+/m0/s1. The number of fused-ring (bicyclic) bond motifs is 5. The number of nitrogens with zero attached hydrogens (tertiary/aromatic N) is 1. The van der Waals surface area contributed by atoms with Gasteiger partial charge in [-0.2, -0.15) is 0 Å². The van der Waals surface area contributed by atoms with E-state index >= 15 is 0 Å². The number of amides is 3. The summed E-state index contributed by atoms with van der Waals surface area (Å²) < 4.78 is 6.26. The number of carbonyl (C=O) groups excluding carboxylic acids is 4. The molecule has 3 amide bonds. The van der Waals surface area contributed by atoms with Crippen LogP contribution in [0.5, 0.6) is 0 Å². The molecule has 2 aromatic carbocycles. The normalized spacial score (nSPS) is 25.5. The van der Waals surface area contributed by atoms with Crippen molar-refractivity contribution in [1.82, 2.24) is 4.90 Å². The summed E-state index contributed by atoms with van der Waals surface area (Å²) in [5.74, 6) is -1.96. The van der Waals surface area contributed by atoms with Crippen molar-refractivity contribution in [3.63, 3.8) is 0 Å². The first-order valence-electron chi connectivity index (χ1n) is 12.0. The molecule has 0 unspecified atom stereocenters. The Labute approximate surface area is 212 Å². The van der Waals surface area contributed by atoms with E-state index in [1.165, 1.54) is 0 Å². The first-order valence-corrected chi connectivity index (χ1v) is 12.8. The van der Waals surface area contributed by atoms with Gasteiger partial charge in [-0.05, 0) is 67.3 Å². The molecule has 182 valence electrons. The molecule has 0 aromatic heterocycles. The minimum absolute atomic E-state index is 0.152. The number of nitrogens with one attached hydrogen (secondary N) is 1. The summed E-state index contributed by atoms with van der Waals surface area (Å²) in [6.07, 6.45) is 2.99. The fourth-order valence-electron chi connectivity index (χ4n) is 6.04. The van der Waals surface area contributed by atoms with Crippen LogP contribution in [-0.4, -0.2) is 41.2 Å². The molecule has 7 nitrogen and oxygen atoms in total. The van der Waals surface area contributed by atoms with Gasteiger partial charge < -0.3 is 10.1 Å². The average molecular weight is 539 g/mol. The predicted molar refractivity (Wildman–Crippen MR) is 132 cm³/mol. The number of hydrogen-bond acceptors (Lipinski definition) is 5. The Bertz CT molecular complexity index is 1160. The number of likely N-dealkylation sites (tertiary alicyclic amines) is 1. The summed E-state index contributed by atoms with van der Waals surface area (Å²) in [5, 5.41) is 2.74. The molecule has 1 aliphatic heterocycles. The van der Waals surface area contributed by atoms with Crippen molar-refractivity contribution in [2.45, 2.75) is 38.6 Å². The second-order valence-electron chi connectivity index (χ2n) is 9.75. The van der Waals surface area contributed by atoms with Crippen LogP contribution in [0.1, 0.15) is 30.4 Å². The molecule has 1 heterocycles. The van der Waals surface area contributed by atoms with E-state index in [0.29, 0.717) is 5.69 Å². The maximum atomic E-state index is 13.4. The van der Waals surface area contributed by atoms with Crippen molar-refractivity contribution in [3.8, 4) is 0 Å². The minimum Gasteiger partial charge on any atom is -0.454 e. The fraction of sp³-hybridized carbons (Fsp3) is 0.407. The molecule has 2 aromatic rings. The highest BCUT2D eigenvalue weighted by atomic mass is 79.9. The summed E-state index contributed by atoms with van der Waals surface area (Å²) in [6, 6.07) is 13.6. The number of hydrogen-bond donors (Lipinski definition) is 1. The van der Waals surface area contributed by atoms with Crippen LogP contribution in [0.2, 0.25) is 0 Å². The zero-order chi connectivity index (χ0) is 24.7. The van der Waals surface area contributed by atoms with Crippen LogP contribution in [0.4, 0.5) is 5.69 Å². The number of ether oxygens (including phenoxy) is 1. The Balaban J connectivity index is 1.31. The van der Waals surface area contributed by atoms with Crippen molar-refractivity contribution in [2.24, 2.45) is 23.7 Å². The van der Waals surface area contributed by atoms with E-state index in [4.69, 9.17) is 4.74 Å². The fourth-order valence-corrected chi connectivity index (χ4v) is 6.52. The zero-order valence-corrected chi connectivity index (χ0v) is 21.0. The monoisotopic (exact) mass is 538 g/mol. The lowest BCUT2D eigenvalue weighted by atomic mass is 9.81. The van der Waals surface area contributed by atoms with Crippen molar-refractivity contribution in [1.29, 1.82) is 0 Å². The van der Waals surface area contributed by atoms with Gasteiger partial charge in [-0.1, -0.05) is 46.3 Å². The van der Waals surface area contributed by atoms with Crippen LogP contribution >= 0.6 is 15.9 Å². The molecule has 3 aliphatic rings. The van der Waals surface area contributed by atoms with Gasteiger partial charge in [-0.15, -0.1) is 0 Å². The van der Waals surface area contributed by atoms with Crippen LogP contribution in [0.3, 0.4) is 0 Å². The summed E-state index contributed by atoms with van der Waals surface area (Å²) in [6.45, 7) is 1.35. The molecule has 1 N–H and O–H groups in total. The Morgan fingerprint density at radius 1 is 1.06 bits per heavy atom. The van der Waals surface area contributed by atoms with E-state index in [-0.39, 0.29) is 41.9 Å². The molecule has 2 bridgehead atoms. The molecule has 0 radical (unpaired) electrons. The van der Waals surface area contributed by atoms with E-state index in [1.54, 1.807) is 12.1 Å². The number of imide groups is 1. The van der Waals surface area contributed by atoms with Gasteiger partial charge in [0, 0.05) is 16.6 Å². The van der Waals surface area contributed by atoms with E-state index in [1.807, 2.05) is 43.3 Å². The van der Waals surface area contributed by atoms with Gasteiger partial charge in [0.25, 0.3) is 5.91 Å². The topological polar surface area (TPSA) is 92.8 Å². The average Bonchev–Trinajstić information content (AvgIpc) is 3.52. The van der Waals surface area contributed by atoms with Gasteiger partial charge >= 0.3 is 5.97 Å². The van der Waals surface area contributed by atoms with E-state index < -0.39 is 24.5 Å². The number of anilines is 1. The first-order chi connectivity index (χ1) is 16.8. The van der Waals surface area contributed by atoms with Crippen molar-refractivity contribution in [2.75, 3.05) is 11.9 Å². The quantitative estimate of drug-likeness (QED) is 0.426. The smallest absolute Gasteiger partial charge is 0.330 e. The van der Waals surface area contributed by atoms with Gasteiger partial charge in [0.15, 0.2) is 6.61 Å².